The predicted octanol–water partition coefficient (Wildman–Crippen LogP) is 21.0. The van der Waals surface area contributed by atoms with Gasteiger partial charge in [0.1, 0.15) is 0 Å². The van der Waals surface area contributed by atoms with E-state index in [1.54, 1.807) is 0 Å². The van der Waals surface area contributed by atoms with Gasteiger partial charge in [-0.1, -0.05) is 27.7 Å². The Bertz CT molecular complexity index is 2550. The fraction of sp³-hybridized carbons (Fsp3) is 1.00. The van der Waals surface area contributed by atoms with Crippen molar-refractivity contribution in [3.05, 3.63) is 0 Å². The van der Waals surface area contributed by atoms with Gasteiger partial charge in [-0.15, -0.1) is 0 Å². The summed E-state index contributed by atoms with van der Waals surface area (Å²) in [7, 11) is -35.5. The monoisotopic (exact) mass is 2070 g/mol. The van der Waals surface area contributed by atoms with E-state index in [4.69, 9.17) is 77.8 Å². The molecule has 0 aromatic carbocycles. The molecule has 0 rings (SSSR count). The molecule has 6 N–H and O–H groups in total. The van der Waals surface area contributed by atoms with Crippen molar-refractivity contribution in [3.8, 4) is 0 Å². The Morgan fingerprint density at radius 1 is 0.220 bits per heavy atom. The Balaban J connectivity index is -0.00000176. The minimum absolute atomic E-state index is 0.0590. The lowest BCUT2D eigenvalue weighted by Gasteiger charge is -2.42. The molecule has 6 unspecified atom stereocenters. The third-order valence-electron chi connectivity index (χ3n) is 18.6. The maximum absolute atomic E-state index is 10.3. The van der Waals surface area contributed by atoms with Crippen LogP contribution in [0.25, 0.3) is 0 Å². The summed E-state index contributed by atoms with van der Waals surface area (Å²) in [6.07, 6.45) is 3.10. The van der Waals surface area contributed by atoms with Gasteiger partial charge in [-0.25, -0.2) is 0 Å². The summed E-state index contributed by atoms with van der Waals surface area (Å²) in [5, 5.41) is 61.4. The van der Waals surface area contributed by atoms with E-state index in [9.17, 15) is 30.6 Å². The molecule has 0 saturated heterocycles. The molecule has 0 aromatic heterocycles. The van der Waals surface area contributed by atoms with Gasteiger partial charge in [-0.2, -0.15) is 0 Å². The van der Waals surface area contributed by atoms with Gasteiger partial charge in [0, 0.05) is 37.5 Å². The van der Waals surface area contributed by atoms with Gasteiger partial charge in [-0.3, -0.25) is 0 Å². The number of aliphatic hydroxyl groups is 6. The summed E-state index contributed by atoms with van der Waals surface area (Å²) in [6, 6.07) is 3.40. The van der Waals surface area contributed by atoms with E-state index in [0.29, 0.717) is 26.4 Å². The Hall–Kier alpha value is 2.94. The third kappa shape index (κ3) is 66.2. The van der Waals surface area contributed by atoms with Gasteiger partial charge in [0.25, 0.3) is 0 Å². The van der Waals surface area contributed by atoms with Crippen LogP contribution in [0, 0.1) is 28.1 Å². The zero-order valence-electron chi connectivity index (χ0n) is 89.0. The van der Waals surface area contributed by atoms with Crippen molar-refractivity contribution in [2.45, 2.75) is 390 Å². The van der Waals surface area contributed by atoms with Crippen molar-refractivity contribution in [1.29, 1.82) is 0 Å². The van der Waals surface area contributed by atoms with Gasteiger partial charge >= 0.3 is 51.4 Å². The lowest BCUT2D eigenvalue weighted by Crippen LogP contribution is -2.55. The molecule has 0 fully saturated rings. The van der Waals surface area contributed by atoms with Crippen molar-refractivity contribution in [1.82, 2.24) is 0 Å². The van der Waals surface area contributed by atoms with E-state index in [0.717, 1.165) is 49.9 Å². The first-order valence-electron chi connectivity index (χ1n) is 46.1. The van der Waals surface area contributed by atoms with Gasteiger partial charge in [-0.05, 0) is 351 Å². The van der Waals surface area contributed by atoms with Crippen molar-refractivity contribution in [3.63, 3.8) is 0 Å². The largest absolute Gasteiger partial charge is 0.437 e. The zero-order valence-corrected chi connectivity index (χ0v) is 107. The highest BCUT2D eigenvalue weighted by atomic mass is 28.5. The van der Waals surface area contributed by atoms with Gasteiger partial charge in [0.05, 0.1) is 108 Å². The Labute approximate surface area is 777 Å². The highest BCUT2D eigenvalue weighted by Gasteiger charge is 2.50. The van der Waals surface area contributed by atoms with Crippen LogP contribution in [0.4, 0.5) is 0 Å². The minimum Gasteiger partial charge on any atom is -0.437 e. The number of rotatable bonds is 66. The molecule has 0 amide bonds. The second-order valence-electron chi connectivity index (χ2n) is 49.0. The fourth-order valence-electron chi connectivity index (χ4n) is 15.0. The topological polar surface area (TPSA) is 288 Å². The second kappa shape index (κ2) is 53.8. The first-order valence-corrected chi connectivity index (χ1v) is 102. The van der Waals surface area contributed by atoms with Crippen LogP contribution in [-0.2, 0) is 77.8 Å². The van der Waals surface area contributed by atoms with E-state index >= 15 is 0 Å². The molecule has 744 valence electrons. The number of hydrogen-bond acceptors (Lipinski definition) is 24. The molecule has 24 nitrogen and oxygen atoms in total. The zero-order chi connectivity index (χ0) is 97.7. The van der Waals surface area contributed by atoms with Gasteiger partial charge < -0.3 is 108 Å². The van der Waals surface area contributed by atoms with Crippen LogP contribution < -0.4 is 0 Å². The lowest BCUT2D eigenvalue weighted by molar-refractivity contribution is -0.104. The fourth-order valence-corrected chi connectivity index (χ4v) is 91.3. The molecule has 0 aliphatic heterocycles. The molecule has 42 heteroatoms. The summed E-state index contributed by atoms with van der Waals surface area (Å²) in [6.45, 7) is 108. The minimum atomic E-state index is -2.41. The number of aliphatic hydroxyl groups excluding tert-OH is 6. The molecule has 0 saturated carbocycles. The van der Waals surface area contributed by atoms with Crippen LogP contribution in [0.5, 0.6) is 0 Å². The van der Waals surface area contributed by atoms with Crippen LogP contribution in [0.15, 0.2) is 0 Å². The van der Waals surface area contributed by atoms with Crippen LogP contribution in [0.3, 0.4) is 0 Å². The SMILES string of the molecule is CC(CCOCC(CO)(CO)COCCC(C)[Si](C)(O[Si](C)(C)C)O[Si](C)(C)C)[Si](C)(O[Si](C)(C)C)O[Si](C)(C)C.CC(CC[Si](C)(O[Si](C)(C)C)O[Si](C)(C)C)OCC(CO)(CO)COC(C)CC[Si](C)(O[Si](C)(C)C)O[Si](C)(C)C.CC(COCC(CO)(CO)COCC(C)C[Si](C)(O[Si](C)(C)C)O[Si](C)(C)C)C[Si](C)(O[Si](C)(C)C)O[Si](C)(C)C. The van der Waals surface area contributed by atoms with E-state index < -0.39 is 167 Å². The van der Waals surface area contributed by atoms with Gasteiger partial charge in [0.2, 0.25) is 0 Å². The molecule has 123 heavy (non-hydrogen) atoms. The molecular formula is C81H204O24Si18. The summed E-state index contributed by atoms with van der Waals surface area (Å²) in [5.74, 6) is 0.464. The summed E-state index contributed by atoms with van der Waals surface area (Å²) >= 11 is 0. The molecule has 0 heterocycles. The number of hydrogen-bond donors (Lipinski definition) is 6. The normalized spacial score (nSPS) is 16.2. The summed E-state index contributed by atoms with van der Waals surface area (Å²) in [5.41, 5.74) is -2.05. The summed E-state index contributed by atoms with van der Waals surface area (Å²) in [4.78, 5) is 0. The van der Waals surface area contributed by atoms with Crippen LogP contribution in [0.1, 0.15) is 67.2 Å². The Morgan fingerprint density at radius 2 is 0.398 bits per heavy atom. The molecule has 0 radical (unpaired) electrons. The maximum atomic E-state index is 10.3. The van der Waals surface area contributed by atoms with E-state index in [1.807, 2.05) is 13.8 Å². The average Bonchev–Trinajstić information content (AvgIpc) is 0.813. The first kappa shape index (κ1) is 130. The van der Waals surface area contributed by atoms with E-state index in [1.165, 1.54) is 0 Å². The lowest BCUT2D eigenvalue weighted by atomic mass is 9.92. The first-order chi connectivity index (χ1) is 54.5. The van der Waals surface area contributed by atoms with Crippen molar-refractivity contribution in [2.24, 2.45) is 28.1 Å². The highest BCUT2D eigenvalue weighted by molar-refractivity contribution is 6.92. The quantitative estimate of drug-likeness (QED) is 0.0244. The standard InChI is InChI=1S/3C27H68O8Si6/c1-25(19-40(15,32-36(3,4)5)33-37(6,7)8)17-30-23-27(21-28,22-29)24-31-18-26(2)20-41(16,34-38(9,10)11)35-39(12,13)14;1-25(17-19-40(15,32-36(3,4)5)33-37(6,7)8)30-23-27(21-28,22-29)24-31-26(2)18-20-41(16,34-38(9,10)11)35-39(12,13)14;1-25(40(15,32-36(3,4)5)33-37(6,7)8)17-19-30-23-27(21-28,22-29)24-31-20-18-26(2)41(16,34-38(9,10)11)35-39(12,13)14/h3*25-26,28-29H,17-24H2,1-16H3. The maximum Gasteiger partial charge on any atom is 0.317 e. The van der Waals surface area contributed by atoms with Crippen LogP contribution in [0.2, 0.25) is 310 Å². The number of ether oxygens (including phenoxy) is 6. The molecule has 6 atom stereocenters. The molecular weight excluding hydrogens is 1860 g/mol. The molecule has 0 aliphatic carbocycles. The van der Waals surface area contributed by atoms with Crippen molar-refractivity contribution >= 4 is 151 Å². The molecule has 0 aromatic rings. The van der Waals surface area contributed by atoms with Gasteiger partial charge in [0.15, 0.2) is 99.8 Å². The molecule has 0 spiro atoms. The Morgan fingerprint density at radius 3 is 0.585 bits per heavy atom. The third-order valence-corrected chi connectivity index (χ3v) is 77.8. The molecule has 0 bridgehead atoms. The summed E-state index contributed by atoms with van der Waals surface area (Å²) < 4.78 is 117. The predicted molar refractivity (Wildman–Crippen MR) is 562 cm³/mol. The van der Waals surface area contributed by atoms with E-state index in [2.05, 4.69) is 303 Å². The average molecular weight is 2070 g/mol. The van der Waals surface area contributed by atoms with E-state index in [-0.39, 0.29) is 114 Å². The molecule has 0 aliphatic rings. The second-order valence-corrected chi connectivity index (χ2v) is 126. The van der Waals surface area contributed by atoms with Crippen LogP contribution in [-0.4, -0.2) is 300 Å². The van der Waals surface area contributed by atoms with Crippen molar-refractivity contribution < 1.29 is 108 Å². The van der Waals surface area contributed by atoms with Crippen molar-refractivity contribution in [2.75, 3.05) is 106 Å². The van der Waals surface area contributed by atoms with Crippen LogP contribution >= 0.6 is 0 Å². The highest BCUT2D eigenvalue weighted by Crippen LogP contribution is 2.38. The Kier molecular flexibility index (Phi) is 56.9. The smallest absolute Gasteiger partial charge is 0.317 e.